The number of piperidine rings is 1. The van der Waals surface area contributed by atoms with Crippen molar-refractivity contribution in [2.45, 2.75) is 38.6 Å². The summed E-state index contributed by atoms with van der Waals surface area (Å²) < 4.78 is 0.964. The average molecular weight is 429 g/mol. The number of amides is 1. The molecule has 0 aromatic heterocycles. The van der Waals surface area contributed by atoms with Gasteiger partial charge >= 0.3 is 0 Å². The lowest BCUT2D eigenvalue weighted by Crippen LogP contribution is -2.41. The van der Waals surface area contributed by atoms with Crippen molar-refractivity contribution < 1.29 is 9.59 Å². The first-order chi connectivity index (χ1) is 13.0. The zero-order valence-corrected chi connectivity index (χ0v) is 17.2. The van der Waals surface area contributed by atoms with Crippen LogP contribution in [0.4, 0.5) is 5.69 Å². The van der Waals surface area contributed by atoms with Crippen molar-refractivity contribution >= 4 is 33.3 Å². The van der Waals surface area contributed by atoms with Crippen LogP contribution in [-0.4, -0.2) is 35.7 Å². The molecule has 1 unspecified atom stereocenters. The number of carbonyl (C=O) groups excluding carboxylic acids is 2. The first-order valence-electron chi connectivity index (χ1n) is 9.48. The Morgan fingerprint density at radius 2 is 1.70 bits per heavy atom. The van der Waals surface area contributed by atoms with E-state index in [4.69, 9.17) is 0 Å². The van der Waals surface area contributed by atoms with Gasteiger partial charge in [0.15, 0.2) is 5.78 Å². The van der Waals surface area contributed by atoms with Gasteiger partial charge in [0, 0.05) is 46.8 Å². The molecular formula is C22H25BrN2O2. The maximum absolute atomic E-state index is 12.7. The van der Waals surface area contributed by atoms with E-state index in [0.717, 1.165) is 40.7 Å². The smallest absolute Gasteiger partial charge is 0.254 e. The number of Topliss-reactive ketones (excluding diaryl/α,β-unsaturated/α-hetero) is 1. The van der Waals surface area contributed by atoms with E-state index in [-0.39, 0.29) is 11.7 Å². The minimum atomic E-state index is 0.110. The van der Waals surface area contributed by atoms with Crippen molar-refractivity contribution in [3.05, 3.63) is 64.1 Å². The van der Waals surface area contributed by atoms with E-state index < -0.39 is 0 Å². The largest absolute Gasteiger partial charge is 0.385 e. The molecule has 2 aromatic rings. The molecule has 0 bridgehead atoms. The highest BCUT2D eigenvalue weighted by atomic mass is 79.9. The van der Waals surface area contributed by atoms with Crippen molar-refractivity contribution in [2.24, 2.45) is 0 Å². The van der Waals surface area contributed by atoms with Crippen molar-refractivity contribution in [1.29, 1.82) is 0 Å². The Morgan fingerprint density at radius 3 is 2.37 bits per heavy atom. The van der Waals surface area contributed by atoms with Gasteiger partial charge in [-0.3, -0.25) is 9.59 Å². The summed E-state index contributed by atoms with van der Waals surface area (Å²) in [6.07, 6.45) is 3.79. The number of carbonyl (C=O) groups is 2. The highest BCUT2D eigenvalue weighted by molar-refractivity contribution is 9.10. The molecule has 5 heteroatoms. The second-order valence-electron chi connectivity index (χ2n) is 7.03. The molecule has 1 fully saturated rings. The maximum Gasteiger partial charge on any atom is 0.254 e. The Morgan fingerprint density at radius 1 is 1.04 bits per heavy atom. The Hall–Kier alpha value is -2.14. The number of nitrogens with one attached hydrogen (secondary N) is 1. The van der Waals surface area contributed by atoms with Crippen LogP contribution in [0.2, 0.25) is 0 Å². The number of nitrogens with zero attached hydrogens (tertiary/aromatic N) is 1. The first kappa shape index (κ1) is 19.6. The summed E-state index contributed by atoms with van der Waals surface area (Å²) in [7, 11) is 0. The van der Waals surface area contributed by atoms with E-state index in [0.29, 0.717) is 19.0 Å². The third kappa shape index (κ3) is 5.19. The lowest BCUT2D eigenvalue weighted by molar-refractivity contribution is 0.0635. The molecular weight excluding hydrogens is 404 g/mol. The highest BCUT2D eigenvalue weighted by Gasteiger charge is 2.23. The maximum atomic E-state index is 12.7. The van der Waals surface area contributed by atoms with E-state index >= 15 is 0 Å². The quantitative estimate of drug-likeness (QED) is 0.647. The number of rotatable bonds is 6. The number of benzene rings is 2. The van der Waals surface area contributed by atoms with Gasteiger partial charge in [-0.15, -0.1) is 0 Å². The number of hydrogen-bond donors (Lipinski definition) is 1. The van der Waals surface area contributed by atoms with Crippen molar-refractivity contribution in [3.63, 3.8) is 0 Å². The molecule has 27 heavy (non-hydrogen) atoms. The van der Waals surface area contributed by atoms with Gasteiger partial charge in [-0.05, 0) is 62.6 Å². The van der Waals surface area contributed by atoms with Crippen LogP contribution in [0.1, 0.15) is 53.3 Å². The van der Waals surface area contributed by atoms with Gasteiger partial charge in [-0.2, -0.15) is 0 Å². The molecule has 1 aliphatic rings. The molecule has 4 nitrogen and oxygen atoms in total. The van der Waals surface area contributed by atoms with Gasteiger partial charge in [-0.25, -0.2) is 0 Å². The van der Waals surface area contributed by atoms with E-state index in [1.807, 2.05) is 53.4 Å². The summed E-state index contributed by atoms with van der Waals surface area (Å²) in [5, 5.41) is 3.26. The molecule has 2 aromatic carbocycles. The van der Waals surface area contributed by atoms with Crippen molar-refractivity contribution in [2.75, 3.05) is 18.4 Å². The van der Waals surface area contributed by atoms with Crippen LogP contribution in [0.3, 0.4) is 0 Å². The number of anilines is 1. The molecule has 1 aliphatic heterocycles. The molecule has 3 rings (SSSR count). The zero-order valence-electron chi connectivity index (χ0n) is 15.6. The number of likely N-dealkylation sites (tertiary alicyclic amines) is 1. The number of halogens is 1. The first-order valence-corrected chi connectivity index (χ1v) is 10.3. The third-order valence-electron chi connectivity index (χ3n) is 5.04. The molecule has 1 atom stereocenters. The summed E-state index contributed by atoms with van der Waals surface area (Å²) in [5.41, 5.74) is 2.36. The Bertz CT molecular complexity index is 787. The van der Waals surface area contributed by atoms with Gasteiger partial charge in [0.05, 0.1) is 0 Å². The Kier molecular flexibility index (Phi) is 6.67. The standard InChI is InChI=1S/C22H25BrN2O2/c1-16-4-2-3-15-25(16)22(27)18-7-11-20(12-8-18)24-14-13-21(26)17-5-9-19(23)10-6-17/h5-12,16,24H,2-4,13-15H2,1H3. The molecule has 142 valence electrons. The van der Waals surface area contributed by atoms with E-state index in [9.17, 15) is 9.59 Å². The summed E-state index contributed by atoms with van der Waals surface area (Å²) in [6, 6.07) is 15.3. The van der Waals surface area contributed by atoms with E-state index in [1.165, 1.54) is 6.42 Å². The molecule has 0 spiro atoms. The lowest BCUT2D eigenvalue weighted by Gasteiger charge is -2.33. The van der Waals surface area contributed by atoms with E-state index in [1.54, 1.807) is 0 Å². The second-order valence-corrected chi connectivity index (χ2v) is 7.94. The summed E-state index contributed by atoms with van der Waals surface area (Å²) in [5.74, 6) is 0.222. The van der Waals surface area contributed by atoms with Crippen LogP contribution in [0.25, 0.3) is 0 Å². The second kappa shape index (κ2) is 9.18. The fourth-order valence-electron chi connectivity index (χ4n) is 3.40. The van der Waals surface area contributed by atoms with Gasteiger partial charge in [-0.1, -0.05) is 28.1 Å². The number of hydrogen-bond acceptors (Lipinski definition) is 3. The normalized spacial score (nSPS) is 16.8. The molecule has 1 amide bonds. The summed E-state index contributed by atoms with van der Waals surface area (Å²) in [6.45, 7) is 3.53. The Labute approximate surface area is 169 Å². The van der Waals surface area contributed by atoms with Crippen LogP contribution in [0.5, 0.6) is 0 Å². The minimum absolute atomic E-state index is 0.110. The molecule has 1 heterocycles. The molecule has 0 radical (unpaired) electrons. The molecule has 0 saturated carbocycles. The predicted octanol–water partition coefficient (Wildman–Crippen LogP) is 5.15. The van der Waals surface area contributed by atoms with Crippen molar-refractivity contribution in [3.8, 4) is 0 Å². The average Bonchev–Trinajstić information content (AvgIpc) is 2.69. The SMILES string of the molecule is CC1CCCCN1C(=O)c1ccc(NCCC(=O)c2ccc(Br)cc2)cc1. The third-order valence-corrected chi connectivity index (χ3v) is 5.57. The van der Waals surface area contributed by atoms with Gasteiger partial charge in [0.25, 0.3) is 5.91 Å². The summed E-state index contributed by atoms with van der Waals surface area (Å²) in [4.78, 5) is 26.8. The number of ketones is 1. The van der Waals surface area contributed by atoms with Crippen LogP contribution in [0, 0.1) is 0 Å². The van der Waals surface area contributed by atoms with Crippen molar-refractivity contribution in [1.82, 2.24) is 4.90 Å². The van der Waals surface area contributed by atoms with Crippen LogP contribution < -0.4 is 5.32 Å². The predicted molar refractivity (Wildman–Crippen MR) is 112 cm³/mol. The minimum Gasteiger partial charge on any atom is -0.385 e. The fourth-order valence-corrected chi connectivity index (χ4v) is 3.66. The highest BCUT2D eigenvalue weighted by Crippen LogP contribution is 2.20. The topological polar surface area (TPSA) is 49.4 Å². The fraction of sp³-hybridized carbons (Fsp3) is 0.364. The Balaban J connectivity index is 1.51. The van der Waals surface area contributed by atoms with Crippen LogP contribution in [-0.2, 0) is 0 Å². The zero-order chi connectivity index (χ0) is 19.2. The van der Waals surface area contributed by atoms with Gasteiger partial charge in [0.1, 0.15) is 0 Å². The molecule has 1 N–H and O–H groups in total. The van der Waals surface area contributed by atoms with Gasteiger partial charge < -0.3 is 10.2 Å². The van der Waals surface area contributed by atoms with E-state index in [2.05, 4.69) is 28.2 Å². The molecule has 0 aliphatic carbocycles. The monoisotopic (exact) mass is 428 g/mol. The van der Waals surface area contributed by atoms with Crippen LogP contribution in [0.15, 0.2) is 53.0 Å². The summed E-state index contributed by atoms with van der Waals surface area (Å²) >= 11 is 3.37. The van der Waals surface area contributed by atoms with Crippen LogP contribution >= 0.6 is 15.9 Å². The van der Waals surface area contributed by atoms with Gasteiger partial charge in [0.2, 0.25) is 0 Å². The molecule has 1 saturated heterocycles. The lowest BCUT2D eigenvalue weighted by atomic mass is 10.0.